The topological polar surface area (TPSA) is 51.8 Å². The minimum atomic E-state index is 0.727. The van der Waals surface area contributed by atoms with Crippen molar-refractivity contribution in [2.24, 2.45) is 0 Å². The van der Waals surface area contributed by atoms with Crippen LogP contribution < -0.4 is 5.73 Å². The Morgan fingerprint density at radius 2 is 1.54 bits per heavy atom. The maximum Gasteiger partial charge on any atom is 0.0545 e. The Morgan fingerprint density at radius 3 is 2.29 bits per heavy atom. The van der Waals surface area contributed by atoms with Crippen LogP contribution in [0.3, 0.4) is 0 Å². The van der Waals surface area contributed by atoms with E-state index in [9.17, 15) is 0 Å². The summed E-state index contributed by atoms with van der Waals surface area (Å²) in [5.74, 6) is 0. The zero-order chi connectivity index (χ0) is 16.5. The molecule has 2 aromatic heterocycles. The zero-order valence-electron chi connectivity index (χ0n) is 12.8. The van der Waals surface area contributed by atoms with E-state index in [-0.39, 0.29) is 0 Å². The highest BCUT2D eigenvalue weighted by molar-refractivity contribution is 9.10. The fourth-order valence-electron chi connectivity index (χ4n) is 2.83. The molecule has 2 aromatic carbocycles. The van der Waals surface area contributed by atoms with Crippen LogP contribution in [0.25, 0.3) is 33.0 Å². The Labute approximate surface area is 148 Å². The van der Waals surface area contributed by atoms with Crippen molar-refractivity contribution in [2.75, 3.05) is 5.73 Å². The van der Waals surface area contributed by atoms with Gasteiger partial charge in [-0.15, -0.1) is 0 Å². The Hall–Kier alpha value is -2.72. The van der Waals surface area contributed by atoms with Crippen molar-refractivity contribution in [1.82, 2.24) is 9.97 Å². The van der Waals surface area contributed by atoms with Gasteiger partial charge in [-0.3, -0.25) is 9.97 Å². The summed E-state index contributed by atoms with van der Waals surface area (Å²) < 4.78 is 0.888. The summed E-state index contributed by atoms with van der Waals surface area (Å²) in [6.07, 6.45) is 7.26. The van der Waals surface area contributed by atoms with Gasteiger partial charge in [-0.05, 0) is 56.2 Å². The molecule has 0 fully saturated rings. The van der Waals surface area contributed by atoms with E-state index in [4.69, 9.17) is 5.73 Å². The van der Waals surface area contributed by atoms with Crippen LogP contribution in [0.2, 0.25) is 0 Å². The molecule has 0 radical (unpaired) electrons. The SMILES string of the molecule is Nc1c(-c2ccc(-c3cccnc3)cc2)cc2ccncc2c1Br. The van der Waals surface area contributed by atoms with Gasteiger partial charge in [0, 0.05) is 35.7 Å². The lowest BCUT2D eigenvalue weighted by atomic mass is 9.98. The molecule has 0 aliphatic rings. The van der Waals surface area contributed by atoms with E-state index in [1.165, 1.54) is 0 Å². The normalized spacial score (nSPS) is 10.9. The van der Waals surface area contributed by atoms with Crippen molar-refractivity contribution in [1.29, 1.82) is 0 Å². The molecular weight excluding hydrogens is 362 g/mol. The van der Waals surface area contributed by atoms with Crippen LogP contribution in [0.4, 0.5) is 5.69 Å². The van der Waals surface area contributed by atoms with E-state index in [1.54, 1.807) is 12.4 Å². The summed E-state index contributed by atoms with van der Waals surface area (Å²) in [7, 11) is 0. The fraction of sp³-hybridized carbons (Fsp3) is 0. The third kappa shape index (κ3) is 2.55. The number of halogens is 1. The monoisotopic (exact) mass is 375 g/mol. The molecule has 0 spiro atoms. The average molecular weight is 376 g/mol. The molecule has 0 bridgehead atoms. The molecule has 0 aliphatic heterocycles. The average Bonchev–Trinajstić information content (AvgIpc) is 2.66. The molecule has 0 atom stereocenters. The van der Waals surface area contributed by atoms with Crippen molar-refractivity contribution in [2.45, 2.75) is 0 Å². The van der Waals surface area contributed by atoms with Crippen LogP contribution in [0, 0.1) is 0 Å². The molecule has 4 aromatic rings. The van der Waals surface area contributed by atoms with Crippen molar-refractivity contribution < 1.29 is 0 Å². The molecule has 116 valence electrons. The number of aromatic nitrogens is 2. The standard InChI is InChI=1S/C20H14BrN3/c21-19-18-12-24-9-7-15(18)10-17(20(19)22)14-5-3-13(4-6-14)16-2-1-8-23-11-16/h1-12H,22H2. The summed E-state index contributed by atoms with van der Waals surface area (Å²) in [5, 5.41) is 2.13. The number of rotatable bonds is 2. The fourth-order valence-corrected chi connectivity index (χ4v) is 3.37. The molecular formula is C20H14BrN3. The molecule has 4 rings (SSSR count). The Balaban J connectivity index is 1.82. The minimum Gasteiger partial charge on any atom is -0.397 e. The Bertz CT molecular complexity index is 1010. The van der Waals surface area contributed by atoms with E-state index in [0.717, 1.165) is 43.2 Å². The van der Waals surface area contributed by atoms with Crippen molar-refractivity contribution in [3.63, 3.8) is 0 Å². The highest BCUT2D eigenvalue weighted by Crippen LogP contribution is 2.38. The summed E-state index contributed by atoms with van der Waals surface area (Å²) in [5.41, 5.74) is 11.4. The highest BCUT2D eigenvalue weighted by atomic mass is 79.9. The largest absolute Gasteiger partial charge is 0.397 e. The molecule has 4 heteroatoms. The van der Waals surface area contributed by atoms with Gasteiger partial charge in [-0.25, -0.2) is 0 Å². The van der Waals surface area contributed by atoms with E-state index >= 15 is 0 Å². The third-order valence-electron chi connectivity index (χ3n) is 4.11. The molecule has 0 aliphatic carbocycles. The van der Waals surface area contributed by atoms with Crippen LogP contribution >= 0.6 is 15.9 Å². The van der Waals surface area contributed by atoms with Crippen LogP contribution in [0.15, 0.2) is 77.8 Å². The molecule has 3 nitrogen and oxygen atoms in total. The van der Waals surface area contributed by atoms with Crippen LogP contribution in [0.1, 0.15) is 0 Å². The van der Waals surface area contributed by atoms with Gasteiger partial charge in [0.2, 0.25) is 0 Å². The summed E-state index contributed by atoms with van der Waals surface area (Å²) >= 11 is 3.61. The van der Waals surface area contributed by atoms with E-state index in [1.807, 2.05) is 24.5 Å². The van der Waals surface area contributed by atoms with Gasteiger partial charge in [0.05, 0.1) is 10.2 Å². The second kappa shape index (κ2) is 6.06. The smallest absolute Gasteiger partial charge is 0.0545 e. The molecule has 0 unspecified atom stereocenters. The second-order valence-corrected chi connectivity index (χ2v) is 6.36. The van der Waals surface area contributed by atoms with Gasteiger partial charge < -0.3 is 5.73 Å². The van der Waals surface area contributed by atoms with Gasteiger partial charge in [0.15, 0.2) is 0 Å². The summed E-state index contributed by atoms with van der Waals surface area (Å²) in [6, 6.07) is 16.5. The van der Waals surface area contributed by atoms with Crippen molar-refractivity contribution in [3.05, 3.63) is 77.8 Å². The third-order valence-corrected chi connectivity index (χ3v) is 4.96. The number of benzene rings is 2. The van der Waals surface area contributed by atoms with Crippen LogP contribution in [0.5, 0.6) is 0 Å². The number of nitrogens with zero attached hydrogens (tertiary/aromatic N) is 2. The van der Waals surface area contributed by atoms with Gasteiger partial charge in [0.25, 0.3) is 0 Å². The first kappa shape index (κ1) is 14.8. The van der Waals surface area contributed by atoms with Crippen LogP contribution in [-0.2, 0) is 0 Å². The number of fused-ring (bicyclic) bond motifs is 1. The first-order valence-electron chi connectivity index (χ1n) is 7.56. The first-order chi connectivity index (χ1) is 11.7. The van der Waals surface area contributed by atoms with Gasteiger partial charge >= 0.3 is 0 Å². The van der Waals surface area contributed by atoms with E-state index in [2.05, 4.69) is 62.3 Å². The molecule has 2 heterocycles. The van der Waals surface area contributed by atoms with Crippen molar-refractivity contribution >= 4 is 32.4 Å². The number of hydrogen-bond acceptors (Lipinski definition) is 3. The second-order valence-electron chi connectivity index (χ2n) is 5.57. The maximum absolute atomic E-state index is 6.35. The lowest BCUT2D eigenvalue weighted by Gasteiger charge is -2.12. The van der Waals surface area contributed by atoms with Crippen molar-refractivity contribution in [3.8, 4) is 22.3 Å². The maximum atomic E-state index is 6.35. The van der Waals surface area contributed by atoms with E-state index < -0.39 is 0 Å². The molecule has 2 N–H and O–H groups in total. The predicted octanol–water partition coefficient (Wildman–Crippen LogP) is 5.31. The molecule has 24 heavy (non-hydrogen) atoms. The number of anilines is 1. The Morgan fingerprint density at radius 1 is 0.792 bits per heavy atom. The van der Waals surface area contributed by atoms with Crippen LogP contribution in [-0.4, -0.2) is 9.97 Å². The Kier molecular flexibility index (Phi) is 3.75. The number of nitrogens with two attached hydrogens (primary N) is 1. The zero-order valence-corrected chi connectivity index (χ0v) is 14.4. The first-order valence-corrected chi connectivity index (χ1v) is 8.36. The predicted molar refractivity (Wildman–Crippen MR) is 103 cm³/mol. The quantitative estimate of drug-likeness (QED) is 0.483. The number of hydrogen-bond donors (Lipinski definition) is 1. The minimum absolute atomic E-state index is 0.727. The molecule has 0 saturated carbocycles. The van der Waals surface area contributed by atoms with Gasteiger partial charge in [0.1, 0.15) is 0 Å². The molecule has 0 saturated heterocycles. The lowest BCUT2D eigenvalue weighted by molar-refractivity contribution is 1.33. The van der Waals surface area contributed by atoms with E-state index in [0.29, 0.717) is 0 Å². The summed E-state index contributed by atoms with van der Waals surface area (Å²) in [6.45, 7) is 0. The van der Waals surface area contributed by atoms with Gasteiger partial charge in [-0.2, -0.15) is 0 Å². The lowest BCUT2D eigenvalue weighted by Crippen LogP contribution is -1.93. The summed E-state index contributed by atoms with van der Waals surface area (Å²) in [4.78, 5) is 8.34. The highest BCUT2D eigenvalue weighted by Gasteiger charge is 2.11. The number of nitrogen functional groups attached to an aromatic ring is 1. The molecule has 0 amide bonds. The number of pyridine rings is 2. The van der Waals surface area contributed by atoms with Gasteiger partial charge in [-0.1, -0.05) is 30.3 Å².